The summed E-state index contributed by atoms with van der Waals surface area (Å²) in [6.07, 6.45) is -4.60. The van der Waals surface area contributed by atoms with Gasteiger partial charge >= 0.3 is 6.18 Å². The molecule has 0 aliphatic rings. The van der Waals surface area contributed by atoms with E-state index >= 15 is 0 Å². The van der Waals surface area contributed by atoms with Crippen molar-refractivity contribution < 1.29 is 26.3 Å². The van der Waals surface area contributed by atoms with Crippen LogP contribution < -0.4 is 14.2 Å². The lowest BCUT2D eigenvalue weighted by Crippen LogP contribution is -2.41. The van der Waals surface area contributed by atoms with Gasteiger partial charge in [0.1, 0.15) is 18.9 Å². The van der Waals surface area contributed by atoms with Crippen molar-refractivity contribution in [1.82, 2.24) is 14.3 Å². The van der Waals surface area contributed by atoms with E-state index in [-0.39, 0.29) is 6.54 Å². The molecule has 10 heteroatoms. The van der Waals surface area contributed by atoms with Crippen molar-refractivity contribution >= 4 is 10.2 Å². The molecule has 0 amide bonds. The molecule has 0 saturated carbocycles. The van der Waals surface area contributed by atoms with Gasteiger partial charge in [0.15, 0.2) is 0 Å². The number of rotatable bonds is 11. The summed E-state index contributed by atoms with van der Waals surface area (Å²) in [5.41, 5.74) is 0.605. The molecule has 0 spiro atoms. The van der Waals surface area contributed by atoms with Crippen LogP contribution in [0.15, 0.2) is 24.3 Å². The summed E-state index contributed by atoms with van der Waals surface area (Å²) >= 11 is 0. The van der Waals surface area contributed by atoms with Gasteiger partial charge in [0, 0.05) is 13.1 Å². The first-order valence-corrected chi connectivity index (χ1v) is 9.38. The summed E-state index contributed by atoms with van der Waals surface area (Å²) in [5.74, 6) is 0.647. The first-order chi connectivity index (χ1) is 11.6. The number of alkyl halides is 3. The van der Waals surface area contributed by atoms with E-state index in [1.807, 2.05) is 0 Å². The summed E-state index contributed by atoms with van der Waals surface area (Å²) in [7, 11) is -4.21. The van der Waals surface area contributed by atoms with Crippen molar-refractivity contribution in [3.63, 3.8) is 0 Å². The fourth-order valence-corrected chi connectivity index (χ4v) is 2.75. The number of hydrogen-bond donors (Lipinski definition) is 2. The lowest BCUT2D eigenvalue weighted by atomic mass is 10.2. The highest BCUT2D eigenvalue weighted by Crippen LogP contribution is 2.13. The maximum atomic E-state index is 12.0. The maximum absolute atomic E-state index is 12.0. The fourth-order valence-electron chi connectivity index (χ4n) is 1.94. The summed E-state index contributed by atoms with van der Waals surface area (Å²) in [5, 5.41) is 0. The zero-order valence-electron chi connectivity index (χ0n) is 14.3. The molecule has 0 radical (unpaired) electrons. The summed E-state index contributed by atoms with van der Waals surface area (Å²) < 4.78 is 68.0. The molecule has 0 heterocycles. The molecule has 0 aliphatic heterocycles. The van der Waals surface area contributed by atoms with Crippen molar-refractivity contribution in [2.45, 2.75) is 26.6 Å². The van der Waals surface area contributed by atoms with Crippen molar-refractivity contribution in [1.29, 1.82) is 0 Å². The number of nitrogens with zero attached hydrogens (tertiary/aromatic N) is 1. The maximum Gasteiger partial charge on any atom is 0.402 e. The van der Waals surface area contributed by atoms with Crippen LogP contribution in [0, 0.1) is 0 Å². The first-order valence-electron chi connectivity index (χ1n) is 7.90. The van der Waals surface area contributed by atoms with Crippen LogP contribution in [0.5, 0.6) is 5.75 Å². The Labute approximate surface area is 146 Å². The highest BCUT2D eigenvalue weighted by molar-refractivity contribution is 7.87. The molecule has 1 rings (SSSR count). The standard InChI is InChI=1S/C15H24F3N3O3S/c1-3-21(4-2)9-10-24-14-7-5-13(6-8-14)11-19-25(22,23)20-12-15(16,17)18/h5-8,19-20H,3-4,9-12H2,1-2H3. The summed E-state index contributed by atoms with van der Waals surface area (Å²) in [6, 6.07) is 6.68. The van der Waals surface area contributed by atoms with E-state index in [1.165, 1.54) is 4.72 Å². The third-order valence-electron chi connectivity index (χ3n) is 3.42. The van der Waals surface area contributed by atoms with Crippen LogP contribution in [0.25, 0.3) is 0 Å². The molecular weight excluding hydrogens is 359 g/mol. The number of ether oxygens (including phenoxy) is 1. The number of likely N-dealkylation sites (N-methyl/N-ethyl adjacent to an activating group) is 1. The molecule has 0 bridgehead atoms. The van der Waals surface area contributed by atoms with Crippen LogP contribution in [0.2, 0.25) is 0 Å². The van der Waals surface area contributed by atoms with Gasteiger partial charge in [-0.3, -0.25) is 0 Å². The average Bonchev–Trinajstić information content (AvgIpc) is 2.56. The molecule has 0 saturated heterocycles. The van der Waals surface area contributed by atoms with Gasteiger partial charge in [-0.1, -0.05) is 26.0 Å². The van der Waals surface area contributed by atoms with Gasteiger partial charge in [0.25, 0.3) is 10.2 Å². The molecular formula is C15H24F3N3O3S. The van der Waals surface area contributed by atoms with Gasteiger partial charge in [-0.25, -0.2) is 0 Å². The van der Waals surface area contributed by atoms with Crippen LogP contribution in [0.3, 0.4) is 0 Å². The Morgan fingerprint density at radius 3 is 2.20 bits per heavy atom. The zero-order valence-corrected chi connectivity index (χ0v) is 15.1. The van der Waals surface area contributed by atoms with E-state index in [1.54, 1.807) is 24.3 Å². The number of nitrogens with one attached hydrogen (secondary N) is 2. The number of hydrogen-bond acceptors (Lipinski definition) is 4. The fraction of sp³-hybridized carbons (Fsp3) is 0.600. The van der Waals surface area contributed by atoms with Gasteiger partial charge in [0.05, 0.1) is 0 Å². The van der Waals surface area contributed by atoms with Crippen molar-refractivity contribution in [3.05, 3.63) is 29.8 Å². The first kappa shape index (κ1) is 21.7. The molecule has 25 heavy (non-hydrogen) atoms. The Morgan fingerprint density at radius 2 is 1.68 bits per heavy atom. The van der Waals surface area contributed by atoms with Gasteiger partial charge < -0.3 is 9.64 Å². The van der Waals surface area contributed by atoms with Crippen LogP contribution in [0.4, 0.5) is 13.2 Å². The molecule has 1 aromatic carbocycles. The van der Waals surface area contributed by atoms with Crippen molar-refractivity contribution in [2.75, 3.05) is 32.8 Å². The Bertz CT molecular complexity index is 603. The van der Waals surface area contributed by atoms with Gasteiger partial charge in [-0.2, -0.15) is 31.0 Å². The monoisotopic (exact) mass is 383 g/mol. The van der Waals surface area contributed by atoms with Crippen LogP contribution in [-0.4, -0.2) is 52.3 Å². The molecule has 6 nitrogen and oxygen atoms in total. The van der Waals surface area contributed by atoms with Gasteiger partial charge in [-0.15, -0.1) is 0 Å². The summed E-state index contributed by atoms with van der Waals surface area (Å²) in [6.45, 7) is 5.65. The van der Waals surface area contributed by atoms with Crippen LogP contribution in [-0.2, 0) is 16.8 Å². The molecule has 1 aromatic rings. The molecule has 0 fully saturated rings. The van der Waals surface area contributed by atoms with E-state index in [0.717, 1.165) is 19.6 Å². The minimum atomic E-state index is -4.60. The second kappa shape index (κ2) is 9.95. The Hall–Kier alpha value is -1.36. The van der Waals surface area contributed by atoms with E-state index in [0.29, 0.717) is 17.9 Å². The quantitative estimate of drug-likeness (QED) is 0.612. The van der Waals surface area contributed by atoms with Gasteiger partial charge in [-0.05, 0) is 30.8 Å². The molecule has 144 valence electrons. The van der Waals surface area contributed by atoms with Gasteiger partial charge in [0.2, 0.25) is 0 Å². The normalized spacial score (nSPS) is 12.6. The topological polar surface area (TPSA) is 70.7 Å². The predicted octanol–water partition coefficient (Wildman–Crippen LogP) is 1.89. The minimum absolute atomic E-state index is 0.118. The Kier molecular flexibility index (Phi) is 8.63. The predicted molar refractivity (Wildman–Crippen MR) is 89.5 cm³/mol. The van der Waals surface area contributed by atoms with Crippen molar-refractivity contribution in [2.24, 2.45) is 0 Å². The highest BCUT2D eigenvalue weighted by Gasteiger charge is 2.29. The largest absolute Gasteiger partial charge is 0.492 e. The Morgan fingerprint density at radius 1 is 1.08 bits per heavy atom. The third-order valence-corrected chi connectivity index (χ3v) is 4.47. The van der Waals surface area contributed by atoms with E-state index in [2.05, 4.69) is 23.5 Å². The zero-order chi connectivity index (χ0) is 18.9. The number of halogens is 3. The average molecular weight is 383 g/mol. The second-order valence-corrected chi connectivity index (χ2v) is 6.86. The highest BCUT2D eigenvalue weighted by atomic mass is 32.2. The SMILES string of the molecule is CCN(CC)CCOc1ccc(CNS(=O)(=O)NCC(F)(F)F)cc1. The van der Waals surface area contributed by atoms with E-state index in [4.69, 9.17) is 4.74 Å². The lowest BCUT2D eigenvalue weighted by Gasteiger charge is -2.18. The second-order valence-electron chi connectivity index (χ2n) is 5.28. The lowest BCUT2D eigenvalue weighted by molar-refractivity contribution is -0.121. The molecule has 0 aromatic heterocycles. The third kappa shape index (κ3) is 9.63. The molecule has 0 atom stereocenters. The number of benzene rings is 1. The minimum Gasteiger partial charge on any atom is -0.492 e. The van der Waals surface area contributed by atoms with Crippen LogP contribution >= 0.6 is 0 Å². The van der Waals surface area contributed by atoms with Crippen LogP contribution in [0.1, 0.15) is 19.4 Å². The van der Waals surface area contributed by atoms with Crippen molar-refractivity contribution in [3.8, 4) is 5.75 Å². The Balaban J connectivity index is 2.41. The molecule has 0 aliphatic carbocycles. The van der Waals surface area contributed by atoms with E-state index in [9.17, 15) is 21.6 Å². The molecule has 0 unspecified atom stereocenters. The summed E-state index contributed by atoms with van der Waals surface area (Å²) in [4.78, 5) is 2.22. The smallest absolute Gasteiger partial charge is 0.402 e. The molecule has 2 N–H and O–H groups in total. The van der Waals surface area contributed by atoms with E-state index < -0.39 is 22.9 Å².